The van der Waals surface area contributed by atoms with Gasteiger partial charge in [0.2, 0.25) is 5.91 Å². The summed E-state index contributed by atoms with van der Waals surface area (Å²) >= 11 is 0. The highest BCUT2D eigenvalue weighted by Crippen LogP contribution is 2.10. The van der Waals surface area contributed by atoms with Crippen LogP contribution in [-0.4, -0.2) is 80.6 Å². The van der Waals surface area contributed by atoms with E-state index in [9.17, 15) is 14.4 Å². The van der Waals surface area contributed by atoms with Crippen LogP contribution in [0.25, 0.3) is 11.2 Å². The van der Waals surface area contributed by atoms with Crippen LogP contribution in [0.4, 0.5) is 0 Å². The number of fused-ring (bicyclic) bond motifs is 1. The summed E-state index contributed by atoms with van der Waals surface area (Å²) in [5.41, 5.74) is 0.202. The molecule has 0 radical (unpaired) electrons. The molecule has 1 N–H and O–H groups in total. The maximum Gasteiger partial charge on any atom is 0.318 e. The van der Waals surface area contributed by atoms with Crippen molar-refractivity contribution < 1.29 is 4.79 Å². The van der Waals surface area contributed by atoms with Gasteiger partial charge in [-0.1, -0.05) is 6.92 Å². The highest BCUT2D eigenvalue weighted by atomic mass is 16.2. The van der Waals surface area contributed by atoms with Gasteiger partial charge in [0.05, 0.1) is 12.1 Å². The molecule has 0 saturated carbocycles. The first kappa shape index (κ1) is 24.7. The van der Waals surface area contributed by atoms with E-state index in [-0.39, 0.29) is 19.0 Å². The van der Waals surface area contributed by atoms with Crippen LogP contribution >= 0.6 is 0 Å². The van der Waals surface area contributed by atoms with Gasteiger partial charge < -0.3 is 15.1 Å². The summed E-state index contributed by atoms with van der Waals surface area (Å²) in [5, 5.41) is 2.89. The molecule has 1 aliphatic rings. The van der Waals surface area contributed by atoms with Crippen molar-refractivity contribution in [1.29, 1.82) is 0 Å². The molecule has 0 atom stereocenters. The van der Waals surface area contributed by atoms with E-state index in [2.05, 4.69) is 32.0 Å². The number of carbonyl (C=O) groups excluding carboxylic acids is 1. The molecule has 35 heavy (non-hydrogen) atoms. The highest BCUT2D eigenvalue weighted by molar-refractivity contribution is 5.78. The number of hydrogen-bond donors (Lipinski definition) is 1. The third-order valence-electron chi connectivity index (χ3n) is 6.36. The summed E-state index contributed by atoms with van der Waals surface area (Å²) < 4.78 is 2.57. The van der Waals surface area contributed by atoms with E-state index in [1.165, 1.54) is 15.6 Å². The van der Waals surface area contributed by atoms with Crippen LogP contribution in [0.1, 0.15) is 25.3 Å². The molecular weight excluding hydrogens is 446 g/mol. The lowest BCUT2D eigenvalue weighted by Gasteiger charge is -2.34. The second-order valence-electron chi connectivity index (χ2n) is 8.87. The number of rotatable bonds is 10. The van der Waals surface area contributed by atoms with E-state index in [0.29, 0.717) is 17.7 Å². The van der Waals surface area contributed by atoms with Gasteiger partial charge in [0, 0.05) is 51.3 Å². The Balaban J connectivity index is 1.38. The second kappa shape index (κ2) is 11.9. The quantitative estimate of drug-likeness (QED) is 0.334. The molecule has 3 aromatic heterocycles. The zero-order valence-corrected chi connectivity index (χ0v) is 20.2. The van der Waals surface area contributed by atoms with Crippen molar-refractivity contribution in [2.24, 2.45) is 0 Å². The molecule has 0 aliphatic carbocycles. The number of hydrogen-bond acceptors (Lipinski definition) is 7. The summed E-state index contributed by atoms with van der Waals surface area (Å²) in [6.07, 6.45) is 6.86. The number of carbonyl (C=O) groups is 1. The van der Waals surface area contributed by atoms with Gasteiger partial charge in [-0.05, 0) is 55.8 Å². The maximum absolute atomic E-state index is 12.9. The minimum absolute atomic E-state index is 0.198. The van der Waals surface area contributed by atoms with Crippen molar-refractivity contribution in [1.82, 2.24) is 34.2 Å². The maximum atomic E-state index is 12.9. The number of nitrogens with one attached hydrogen (secondary N) is 1. The Kier molecular flexibility index (Phi) is 8.38. The standard InChI is InChI=1S/C25H33N7O3/c1-2-12-29-14-16-30(17-15-29)13-4-9-27-22(33)19-31-21-5-3-8-28-23(21)32(25(35)24(31)34)18-20-6-10-26-11-7-20/h3,5-8,10-11H,2,4,9,12-19H2,1H3,(H,27,33). The summed E-state index contributed by atoms with van der Waals surface area (Å²) in [6, 6.07) is 6.96. The van der Waals surface area contributed by atoms with Gasteiger partial charge >= 0.3 is 11.1 Å². The van der Waals surface area contributed by atoms with Gasteiger partial charge in [-0.25, -0.2) is 4.98 Å². The number of aromatic nitrogens is 4. The van der Waals surface area contributed by atoms with Crippen LogP contribution in [0.2, 0.25) is 0 Å². The van der Waals surface area contributed by atoms with Crippen LogP contribution in [0, 0.1) is 0 Å². The smallest absolute Gasteiger partial charge is 0.318 e. The van der Waals surface area contributed by atoms with Gasteiger partial charge in [0.15, 0.2) is 5.65 Å². The van der Waals surface area contributed by atoms with E-state index >= 15 is 0 Å². The predicted octanol–water partition coefficient (Wildman–Crippen LogP) is 0.535. The molecule has 0 spiro atoms. The third-order valence-corrected chi connectivity index (χ3v) is 6.36. The van der Waals surface area contributed by atoms with Crippen molar-refractivity contribution in [2.45, 2.75) is 32.9 Å². The van der Waals surface area contributed by atoms with Crippen LogP contribution in [0.15, 0.2) is 52.4 Å². The molecular formula is C25H33N7O3. The Morgan fingerprint density at radius 2 is 1.63 bits per heavy atom. The molecule has 1 saturated heterocycles. The molecule has 1 amide bonds. The minimum atomic E-state index is -0.736. The average Bonchev–Trinajstić information content (AvgIpc) is 2.89. The van der Waals surface area contributed by atoms with Gasteiger partial charge in [-0.2, -0.15) is 0 Å². The largest absolute Gasteiger partial charge is 0.355 e. The number of piperazine rings is 1. The van der Waals surface area contributed by atoms with E-state index < -0.39 is 11.1 Å². The Labute approximate surface area is 204 Å². The van der Waals surface area contributed by atoms with Crippen molar-refractivity contribution in [3.8, 4) is 0 Å². The van der Waals surface area contributed by atoms with Crippen molar-refractivity contribution >= 4 is 17.1 Å². The minimum Gasteiger partial charge on any atom is -0.355 e. The van der Waals surface area contributed by atoms with Gasteiger partial charge in [0.1, 0.15) is 6.54 Å². The predicted molar refractivity (Wildman–Crippen MR) is 134 cm³/mol. The Bertz CT molecular complexity index is 1250. The topological polar surface area (TPSA) is 105 Å². The first-order chi connectivity index (χ1) is 17.1. The zero-order chi connectivity index (χ0) is 24.6. The third kappa shape index (κ3) is 6.20. The molecule has 3 aromatic rings. The molecule has 4 heterocycles. The summed E-state index contributed by atoms with van der Waals surface area (Å²) in [4.78, 5) is 51.7. The monoisotopic (exact) mass is 479 g/mol. The Morgan fingerprint density at radius 1 is 0.943 bits per heavy atom. The van der Waals surface area contributed by atoms with Gasteiger partial charge in [-0.15, -0.1) is 0 Å². The van der Waals surface area contributed by atoms with Crippen LogP contribution in [0.3, 0.4) is 0 Å². The van der Waals surface area contributed by atoms with Crippen LogP contribution < -0.4 is 16.4 Å². The number of nitrogens with zero attached hydrogens (tertiary/aromatic N) is 6. The number of pyridine rings is 2. The lowest BCUT2D eigenvalue weighted by molar-refractivity contribution is -0.121. The summed E-state index contributed by atoms with van der Waals surface area (Å²) in [7, 11) is 0. The first-order valence-electron chi connectivity index (χ1n) is 12.3. The van der Waals surface area contributed by atoms with Crippen molar-refractivity contribution in [3.05, 3.63) is 69.1 Å². The SMILES string of the molecule is CCCN1CCN(CCCNC(=O)Cn2c(=O)c(=O)n(Cc3ccncc3)c3ncccc32)CC1. The molecule has 10 nitrogen and oxygen atoms in total. The average molecular weight is 480 g/mol. The highest BCUT2D eigenvalue weighted by Gasteiger charge is 2.17. The molecule has 1 fully saturated rings. The lowest BCUT2D eigenvalue weighted by atomic mass is 10.2. The zero-order valence-electron chi connectivity index (χ0n) is 20.2. The molecule has 1 aliphatic heterocycles. The van der Waals surface area contributed by atoms with E-state index in [1.54, 1.807) is 42.9 Å². The molecule has 4 rings (SSSR count). The lowest BCUT2D eigenvalue weighted by Crippen LogP contribution is -2.47. The fraction of sp³-hybridized carbons (Fsp3) is 0.480. The van der Waals surface area contributed by atoms with Gasteiger partial charge in [0.25, 0.3) is 0 Å². The molecule has 186 valence electrons. The molecule has 0 bridgehead atoms. The van der Waals surface area contributed by atoms with Crippen molar-refractivity contribution in [3.63, 3.8) is 0 Å². The first-order valence-corrected chi connectivity index (χ1v) is 12.3. The van der Waals surface area contributed by atoms with Crippen molar-refractivity contribution in [2.75, 3.05) is 45.8 Å². The van der Waals surface area contributed by atoms with E-state index in [4.69, 9.17) is 0 Å². The Hall–Kier alpha value is -3.37. The Morgan fingerprint density at radius 3 is 2.34 bits per heavy atom. The fourth-order valence-electron chi connectivity index (χ4n) is 4.50. The van der Waals surface area contributed by atoms with Crippen LogP contribution in [0.5, 0.6) is 0 Å². The number of amides is 1. The fourth-order valence-corrected chi connectivity index (χ4v) is 4.50. The van der Waals surface area contributed by atoms with Crippen LogP contribution in [-0.2, 0) is 17.9 Å². The van der Waals surface area contributed by atoms with E-state index in [1.807, 2.05) is 0 Å². The van der Waals surface area contributed by atoms with Gasteiger partial charge in [-0.3, -0.25) is 28.5 Å². The summed E-state index contributed by atoms with van der Waals surface area (Å²) in [5.74, 6) is -0.295. The second-order valence-corrected chi connectivity index (χ2v) is 8.87. The molecule has 10 heteroatoms. The normalized spacial score (nSPS) is 14.9. The van der Waals surface area contributed by atoms with E-state index in [0.717, 1.165) is 51.3 Å². The molecule has 0 aromatic carbocycles. The molecule has 0 unspecified atom stereocenters. The summed E-state index contributed by atoms with van der Waals surface area (Å²) in [6.45, 7) is 9.09.